The summed E-state index contributed by atoms with van der Waals surface area (Å²) in [6, 6.07) is 16.9. The molecule has 0 unspecified atom stereocenters. The molecular formula is C21H26N2O. The number of nitrogens with two attached hydrogens (primary N) is 1. The molecular weight excluding hydrogens is 296 g/mol. The summed E-state index contributed by atoms with van der Waals surface area (Å²) in [7, 11) is 2.12. The van der Waals surface area contributed by atoms with E-state index in [1.54, 1.807) is 0 Å². The first kappa shape index (κ1) is 16.7. The fraction of sp³-hybridized carbons (Fsp3) is 0.381. The van der Waals surface area contributed by atoms with Crippen LogP contribution in [0.5, 0.6) is 0 Å². The van der Waals surface area contributed by atoms with E-state index in [1.165, 1.54) is 0 Å². The van der Waals surface area contributed by atoms with Gasteiger partial charge in [-0.1, -0.05) is 48.5 Å². The first-order valence-electron chi connectivity index (χ1n) is 8.68. The van der Waals surface area contributed by atoms with E-state index in [0.29, 0.717) is 6.04 Å². The van der Waals surface area contributed by atoms with E-state index >= 15 is 0 Å². The summed E-state index contributed by atoms with van der Waals surface area (Å²) < 4.78 is 0. The molecule has 0 fully saturated rings. The summed E-state index contributed by atoms with van der Waals surface area (Å²) in [6.45, 7) is 5.32. The van der Waals surface area contributed by atoms with Crippen LogP contribution in [-0.4, -0.2) is 30.4 Å². The van der Waals surface area contributed by atoms with Crippen molar-refractivity contribution < 1.29 is 4.79 Å². The number of hydrogen-bond acceptors (Lipinski definition) is 2. The number of hydrogen-bond donors (Lipinski definition) is 1. The molecule has 3 nitrogen and oxygen atoms in total. The molecule has 1 aliphatic carbocycles. The van der Waals surface area contributed by atoms with Crippen molar-refractivity contribution in [1.29, 1.82) is 0 Å². The van der Waals surface area contributed by atoms with Crippen molar-refractivity contribution in [3.63, 3.8) is 0 Å². The van der Waals surface area contributed by atoms with Gasteiger partial charge in [-0.05, 0) is 62.5 Å². The minimum Gasteiger partial charge on any atom is -0.369 e. The minimum absolute atomic E-state index is 0.243. The van der Waals surface area contributed by atoms with Crippen molar-refractivity contribution in [2.24, 2.45) is 5.73 Å². The molecule has 1 amide bonds. The van der Waals surface area contributed by atoms with Crippen LogP contribution in [0.15, 0.2) is 48.5 Å². The summed E-state index contributed by atoms with van der Waals surface area (Å²) in [4.78, 5) is 15.0. The molecule has 3 heteroatoms. The molecule has 0 bridgehead atoms. The van der Waals surface area contributed by atoms with Gasteiger partial charge in [-0.3, -0.25) is 4.79 Å². The number of nitrogens with zero attached hydrogens (tertiary/aromatic N) is 1. The van der Waals surface area contributed by atoms with Gasteiger partial charge in [-0.2, -0.15) is 0 Å². The second-order valence-electron chi connectivity index (χ2n) is 7.04. The molecule has 0 aliphatic heterocycles. The Labute approximate surface area is 144 Å². The summed E-state index contributed by atoms with van der Waals surface area (Å²) in [5.74, 6) is -0.243. The van der Waals surface area contributed by atoms with Crippen molar-refractivity contribution in [2.45, 2.75) is 38.1 Å². The Morgan fingerprint density at radius 3 is 2.00 bits per heavy atom. The molecule has 0 radical (unpaired) electrons. The Balaban J connectivity index is 2.02. The molecule has 126 valence electrons. The molecule has 2 N–H and O–H groups in total. The van der Waals surface area contributed by atoms with E-state index in [9.17, 15) is 4.79 Å². The summed E-state index contributed by atoms with van der Waals surface area (Å²) in [6.07, 6.45) is 1.67. The second-order valence-corrected chi connectivity index (χ2v) is 7.04. The van der Waals surface area contributed by atoms with E-state index < -0.39 is 5.41 Å². The number of fused-ring (bicyclic) bond motifs is 3. The fourth-order valence-corrected chi connectivity index (χ4v) is 3.84. The van der Waals surface area contributed by atoms with Crippen molar-refractivity contribution in [1.82, 2.24) is 4.90 Å². The number of carbonyl (C=O) groups is 1. The highest BCUT2D eigenvalue weighted by Crippen LogP contribution is 2.51. The van der Waals surface area contributed by atoms with E-state index in [2.05, 4.69) is 50.1 Å². The van der Waals surface area contributed by atoms with Crippen LogP contribution < -0.4 is 5.73 Å². The highest BCUT2D eigenvalue weighted by atomic mass is 16.1. The van der Waals surface area contributed by atoms with Gasteiger partial charge in [0, 0.05) is 6.04 Å². The van der Waals surface area contributed by atoms with Gasteiger partial charge >= 0.3 is 0 Å². The maximum absolute atomic E-state index is 12.7. The van der Waals surface area contributed by atoms with Gasteiger partial charge in [-0.15, -0.1) is 0 Å². The Hall–Kier alpha value is -2.13. The predicted octanol–water partition coefficient (Wildman–Crippen LogP) is 3.56. The SMILES string of the molecule is CC(C)N(C)CCCC1(C(N)=O)c2ccccc2-c2ccccc21. The number of amides is 1. The van der Waals surface area contributed by atoms with Gasteiger partial charge < -0.3 is 10.6 Å². The van der Waals surface area contributed by atoms with Gasteiger partial charge in [0.1, 0.15) is 0 Å². The largest absolute Gasteiger partial charge is 0.369 e. The zero-order valence-corrected chi connectivity index (χ0v) is 14.8. The molecule has 0 aromatic heterocycles. The van der Waals surface area contributed by atoms with Crippen LogP contribution in [0.4, 0.5) is 0 Å². The van der Waals surface area contributed by atoms with E-state index in [-0.39, 0.29) is 5.91 Å². The van der Waals surface area contributed by atoms with Crippen LogP contribution in [0.25, 0.3) is 11.1 Å². The standard InChI is InChI=1S/C21H26N2O/c1-15(2)23(3)14-8-13-21(20(22)24)18-11-6-4-9-16(18)17-10-5-7-12-19(17)21/h4-7,9-12,15H,8,13-14H2,1-3H3,(H2,22,24). The number of carbonyl (C=O) groups excluding carboxylic acids is 1. The van der Waals surface area contributed by atoms with E-state index in [1.807, 2.05) is 24.3 Å². The fourth-order valence-electron chi connectivity index (χ4n) is 3.84. The van der Waals surface area contributed by atoms with Crippen LogP contribution >= 0.6 is 0 Å². The third-order valence-electron chi connectivity index (χ3n) is 5.43. The van der Waals surface area contributed by atoms with Crippen LogP contribution in [0.2, 0.25) is 0 Å². The maximum atomic E-state index is 12.7. The van der Waals surface area contributed by atoms with Crippen LogP contribution in [0.3, 0.4) is 0 Å². The Morgan fingerprint density at radius 1 is 1.04 bits per heavy atom. The highest BCUT2D eigenvalue weighted by molar-refractivity contribution is 5.99. The maximum Gasteiger partial charge on any atom is 0.232 e. The Morgan fingerprint density at radius 2 is 1.54 bits per heavy atom. The molecule has 1 aliphatic rings. The molecule has 0 spiro atoms. The minimum atomic E-state index is -0.703. The average molecular weight is 322 g/mol. The van der Waals surface area contributed by atoms with Gasteiger partial charge in [0.05, 0.1) is 5.41 Å². The molecule has 0 saturated carbocycles. The van der Waals surface area contributed by atoms with Crippen molar-refractivity contribution in [3.05, 3.63) is 59.7 Å². The van der Waals surface area contributed by atoms with Crippen LogP contribution in [-0.2, 0) is 10.2 Å². The molecule has 24 heavy (non-hydrogen) atoms. The molecule has 2 aromatic carbocycles. The van der Waals surface area contributed by atoms with Crippen molar-refractivity contribution >= 4 is 5.91 Å². The molecule has 0 heterocycles. The zero-order chi connectivity index (χ0) is 17.3. The number of primary amides is 1. The van der Waals surface area contributed by atoms with Gasteiger partial charge in [0.2, 0.25) is 5.91 Å². The monoisotopic (exact) mass is 322 g/mol. The van der Waals surface area contributed by atoms with Crippen LogP contribution in [0.1, 0.15) is 37.8 Å². The Kier molecular flexibility index (Phi) is 4.46. The summed E-state index contributed by atoms with van der Waals surface area (Å²) >= 11 is 0. The normalized spacial score (nSPS) is 14.7. The highest BCUT2D eigenvalue weighted by Gasteiger charge is 2.47. The molecule has 0 atom stereocenters. The quantitative estimate of drug-likeness (QED) is 0.884. The summed E-state index contributed by atoms with van der Waals surface area (Å²) in [5, 5.41) is 0. The van der Waals surface area contributed by atoms with E-state index in [4.69, 9.17) is 5.73 Å². The summed E-state index contributed by atoms with van der Waals surface area (Å²) in [5.41, 5.74) is 9.69. The predicted molar refractivity (Wildman–Crippen MR) is 98.9 cm³/mol. The topological polar surface area (TPSA) is 46.3 Å². The lowest BCUT2D eigenvalue weighted by molar-refractivity contribution is -0.122. The zero-order valence-electron chi connectivity index (χ0n) is 14.8. The average Bonchev–Trinajstić information content (AvgIpc) is 2.86. The van der Waals surface area contributed by atoms with Crippen LogP contribution in [0, 0.1) is 0 Å². The third kappa shape index (κ3) is 2.53. The third-order valence-corrected chi connectivity index (χ3v) is 5.43. The van der Waals surface area contributed by atoms with E-state index in [0.717, 1.165) is 41.6 Å². The lowest BCUT2D eigenvalue weighted by Crippen LogP contribution is -2.41. The lowest BCUT2D eigenvalue weighted by atomic mass is 9.74. The molecule has 3 rings (SSSR count). The first-order chi connectivity index (χ1) is 11.5. The lowest BCUT2D eigenvalue weighted by Gasteiger charge is -2.30. The Bertz CT molecular complexity index is 706. The number of benzene rings is 2. The smallest absolute Gasteiger partial charge is 0.232 e. The number of rotatable bonds is 6. The van der Waals surface area contributed by atoms with Gasteiger partial charge in [0.15, 0.2) is 0 Å². The second kappa shape index (κ2) is 6.40. The molecule has 0 saturated heterocycles. The molecule has 2 aromatic rings. The van der Waals surface area contributed by atoms with Gasteiger partial charge in [0.25, 0.3) is 0 Å². The van der Waals surface area contributed by atoms with Crippen molar-refractivity contribution in [2.75, 3.05) is 13.6 Å². The van der Waals surface area contributed by atoms with Crippen molar-refractivity contribution in [3.8, 4) is 11.1 Å². The first-order valence-corrected chi connectivity index (χ1v) is 8.68. The van der Waals surface area contributed by atoms with Gasteiger partial charge in [-0.25, -0.2) is 0 Å².